The van der Waals surface area contributed by atoms with E-state index in [1.165, 1.54) is 6.42 Å². The van der Waals surface area contributed by atoms with Gasteiger partial charge in [0.1, 0.15) is 0 Å². The minimum absolute atomic E-state index is 0.00698. The number of hydrogen-bond donors (Lipinski definition) is 0. The molecule has 1 saturated carbocycles. The van der Waals surface area contributed by atoms with E-state index >= 15 is 0 Å². The van der Waals surface area contributed by atoms with Gasteiger partial charge < -0.3 is 9.64 Å². The second-order valence-corrected chi connectivity index (χ2v) is 7.95. The van der Waals surface area contributed by atoms with Crippen LogP contribution in [-0.2, 0) is 15.3 Å². The highest BCUT2D eigenvalue weighted by Crippen LogP contribution is 2.57. The normalized spacial score (nSPS) is 43.8. The SMILES string of the molecule is C[C@H]1C[C@@]2(c3ccc(Cl)cc3)OC[C@H]3[C@H]([C@@H]4C=C[C@H]3C4)N2C1=O. The Bertz CT molecular complexity index is 700. The molecule has 4 aliphatic rings. The summed E-state index contributed by atoms with van der Waals surface area (Å²) in [5.41, 5.74) is 0.463. The lowest BCUT2D eigenvalue weighted by Gasteiger charge is -2.51. The summed E-state index contributed by atoms with van der Waals surface area (Å²) in [6, 6.07) is 8.13. The molecule has 1 aromatic rings. The smallest absolute Gasteiger partial charge is 0.228 e. The second kappa shape index (κ2) is 4.61. The van der Waals surface area contributed by atoms with E-state index in [1.807, 2.05) is 31.2 Å². The first-order valence-electron chi connectivity index (χ1n) is 8.52. The molecule has 2 aliphatic carbocycles. The molecular weight excluding hydrogens is 310 g/mol. The van der Waals surface area contributed by atoms with Gasteiger partial charge in [0, 0.05) is 34.9 Å². The van der Waals surface area contributed by atoms with Gasteiger partial charge in [-0.2, -0.15) is 0 Å². The van der Waals surface area contributed by atoms with Crippen molar-refractivity contribution in [3.05, 3.63) is 47.0 Å². The topological polar surface area (TPSA) is 29.5 Å². The number of ether oxygens (including phenoxy) is 1. The van der Waals surface area contributed by atoms with Crippen molar-refractivity contribution in [2.75, 3.05) is 6.61 Å². The quantitative estimate of drug-likeness (QED) is 0.737. The van der Waals surface area contributed by atoms with Crippen LogP contribution in [0.4, 0.5) is 0 Å². The van der Waals surface area contributed by atoms with E-state index < -0.39 is 5.72 Å². The van der Waals surface area contributed by atoms with Crippen LogP contribution in [0.3, 0.4) is 0 Å². The van der Waals surface area contributed by atoms with Gasteiger partial charge in [0.2, 0.25) is 5.91 Å². The highest BCUT2D eigenvalue weighted by Gasteiger charge is 2.63. The van der Waals surface area contributed by atoms with E-state index in [0.29, 0.717) is 28.8 Å². The summed E-state index contributed by atoms with van der Waals surface area (Å²) < 4.78 is 6.45. The van der Waals surface area contributed by atoms with E-state index in [1.54, 1.807) is 0 Å². The summed E-state index contributed by atoms with van der Waals surface area (Å²) in [5.74, 6) is 1.79. The largest absolute Gasteiger partial charge is 0.351 e. The van der Waals surface area contributed by atoms with Crippen molar-refractivity contribution in [1.29, 1.82) is 0 Å². The van der Waals surface area contributed by atoms with Crippen LogP contribution in [-0.4, -0.2) is 23.5 Å². The number of carbonyl (C=O) groups is 1. The van der Waals surface area contributed by atoms with Gasteiger partial charge in [-0.1, -0.05) is 42.8 Å². The number of halogens is 1. The van der Waals surface area contributed by atoms with Crippen LogP contribution in [0, 0.1) is 23.7 Å². The second-order valence-electron chi connectivity index (χ2n) is 7.52. The van der Waals surface area contributed by atoms with Crippen LogP contribution < -0.4 is 0 Å². The van der Waals surface area contributed by atoms with Crippen LogP contribution in [0.25, 0.3) is 0 Å². The van der Waals surface area contributed by atoms with Gasteiger partial charge in [-0.05, 0) is 30.4 Å². The number of benzene rings is 1. The van der Waals surface area contributed by atoms with E-state index in [9.17, 15) is 4.79 Å². The molecule has 1 aromatic carbocycles. The molecule has 0 N–H and O–H groups in total. The van der Waals surface area contributed by atoms with Crippen molar-refractivity contribution >= 4 is 17.5 Å². The van der Waals surface area contributed by atoms with Gasteiger partial charge in [0.15, 0.2) is 5.72 Å². The third kappa shape index (κ3) is 1.72. The highest BCUT2D eigenvalue weighted by molar-refractivity contribution is 6.30. The Balaban J connectivity index is 1.64. The van der Waals surface area contributed by atoms with Gasteiger partial charge in [-0.25, -0.2) is 0 Å². The predicted molar refractivity (Wildman–Crippen MR) is 87.7 cm³/mol. The van der Waals surface area contributed by atoms with E-state index in [4.69, 9.17) is 16.3 Å². The molecule has 6 atom stereocenters. The van der Waals surface area contributed by atoms with Crippen molar-refractivity contribution in [3.63, 3.8) is 0 Å². The zero-order valence-electron chi connectivity index (χ0n) is 13.1. The van der Waals surface area contributed by atoms with Crippen molar-refractivity contribution < 1.29 is 9.53 Å². The molecule has 4 heteroatoms. The van der Waals surface area contributed by atoms with Gasteiger partial charge in [0.05, 0.1) is 6.61 Å². The number of nitrogens with zero attached hydrogens (tertiary/aromatic N) is 1. The maximum atomic E-state index is 13.0. The lowest BCUT2D eigenvalue weighted by Crippen LogP contribution is -2.60. The molecule has 0 spiro atoms. The molecule has 120 valence electrons. The summed E-state index contributed by atoms with van der Waals surface area (Å²) >= 11 is 6.06. The zero-order chi connectivity index (χ0) is 15.8. The molecular formula is C19H20ClNO2. The lowest BCUT2D eigenvalue weighted by molar-refractivity contribution is -0.218. The summed E-state index contributed by atoms with van der Waals surface area (Å²) in [4.78, 5) is 15.1. The molecule has 0 unspecified atom stereocenters. The van der Waals surface area contributed by atoms with Crippen LogP contribution in [0.15, 0.2) is 36.4 Å². The molecule has 3 nitrogen and oxygen atoms in total. The summed E-state index contributed by atoms with van der Waals surface area (Å²) in [7, 11) is 0. The monoisotopic (exact) mass is 329 g/mol. The van der Waals surface area contributed by atoms with Gasteiger partial charge in [-0.3, -0.25) is 4.79 Å². The first-order valence-corrected chi connectivity index (χ1v) is 8.89. The van der Waals surface area contributed by atoms with E-state index in [0.717, 1.165) is 18.6 Å². The molecule has 5 rings (SSSR count). The third-order valence-corrected chi connectivity index (χ3v) is 6.57. The highest BCUT2D eigenvalue weighted by atomic mass is 35.5. The average molecular weight is 330 g/mol. The molecule has 3 fully saturated rings. The van der Waals surface area contributed by atoms with Gasteiger partial charge in [-0.15, -0.1) is 0 Å². The van der Waals surface area contributed by atoms with Crippen LogP contribution in [0.1, 0.15) is 25.3 Å². The fourth-order valence-electron chi connectivity index (χ4n) is 5.32. The number of amides is 1. The molecule has 2 saturated heterocycles. The molecule has 1 amide bonds. The van der Waals surface area contributed by atoms with Gasteiger partial charge in [0.25, 0.3) is 0 Å². The maximum absolute atomic E-state index is 13.0. The first-order chi connectivity index (χ1) is 11.1. The van der Waals surface area contributed by atoms with E-state index in [-0.39, 0.29) is 11.8 Å². The Morgan fingerprint density at radius 1 is 1.22 bits per heavy atom. The van der Waals surface area contributed by atoms with Crippen LogP contribution in [0.5, 0.6) is 0 Å². The summed E-state index contributed by atoms with van der Waals surface area (Å²) in [5, 5.41) is 0.714. The van der Waals surface area contributed by atoms with Crippen molar-refractivity contribution in [2.24, 2.45) is 23.7 Å². The number of allylic oxidation sites excluding steroid dienone is 1. The fourth-order valence-corrected chi connectivity index (χ4v) is 5.45. The number of fused-ring (bicyclic) bond motifs is 7. The predicted octanol–water partition coefficient (Wildman–Crippen LogP) is 3.58. The Hall–Kier alpha value is -1.32. The minimum atomic E-state index is -0.597. The van der Waals surface area contributed by atoms with E-state index in [2.05, 4.69) is 17.1 Å². The van der Waals surface area contributed by atoms with Crippen molar-refractivity contribution in [1.82, 2.24) is 4.90 Å². The molecule has 2 heterocycles. The zero-order valence-corrected chi connectivity index (χ0v) is 13.9. The molecule has 0 aromatic heterocycles. The van der Waals surface area contributed by atoms with Crippen molar-refractivity contribution in [3.8, 4) is 0 Å². The Morgan fingerprint density at radius 2 is 1.96 bits per heavy atom. The van der Waals surface area contributed by atoms with Crippen LogP contribution >= 0.6 is 11.6 Å². The Morgan fingerprint density at radius 3 is 2.74 bits per heavy atom. The number of hydrogen-bond acceptors (Lipinski definition) is 2. The molecule has 2 aliphatic heterocycles. The molecule has 0 radical (unpaired) electrons. The Kier molecular flexibility index (Phi) is 2.82. The summed E-state index contributed by atoms with van der Waals surface area (Å²) in [6.45, 7) is 2.77. The maximum Gasteiger partial charge on any atom is 0.228 e. The molecule has 2 bridgehead atoms. The van der Waals surface area contributed by atoms with Crippen molar-refractivity contribution in [2.45, 2.75) is 31.5 Å². The standard InChI is InChI=1S/C19H20ClNO2/c1-11-9-19(14-4-6-15(20)7-5-14)21(18(11)22)17-13-3-2-12(8-13)16(17)10-23-19/h2-7,11-13,16-17H,8-10H2,1H3/t11-,12-,13+,16+,17-,19-/m0/s1. The molecule has 23 heavy (non-hydrogen) atoms. The lowest BCUT2D eigenvalue weighted by atomic mass is 9.84. The Labute approximate surface area is 141 Å². The number of rotatable bonds is 1. The minimum Gasteiger partial charge on any atom is -0.351 e. The average Bonchev–Trinajstić information content (AvgIpc) is 3.22. The summed E-state index contributed by atoms with van der Waals surface area (Å²) in [6.07, 6.45) is 6.56. The number of carbonyl (C=O) groups excluding carboxylic acids is 1. The third-order valence-electron chi connectivity index (χ3n) is 6.32. The first kappa shape index (κ1) is 14.1. The van der Waals surface area contributed by atoms with Gasteiger partial charge >= 0.3 is 0 Å². The fraction of sp³-hybridized carbons (Fsp3) is 0.526. The van der Waals surface area contributed by atoms with Crippen LogP contribution in [0.2, 0.25) is 5.02 Å².